The van der Waals surface area contributed by atoms with E-state index in [0.29, 0.717) is 17.7 Å². The second-order valence-electron chi connectivity index (χ2n) is 7.48. The van der Waals surface area contributed by atoms with E-state index in [1.165, 1.54) is 6.92 Å². The quantitative estimate of drug-likeness (QED) is 0.585. The Morgan fingerprint density at radius 1 is 1.10 bits per heavy atom. The van der Waals surface area contributed by atoms with Crippen LogP contribution in [0, 0.1) is 0 Å². The molecular weight excluding hydrogens is 366 g/mol. The number of benzene rings is 2. The van der Waals surface area contributed by atoms with Gasteiger partial charge >= 0.3 is 0 Å². The molecular formula is C24H25NO4. The minimum atomic E-state index is -0.211. The number of rotatable bonds is 7. The summed E-state index contributed by atoms with van der Waals surface area (Å²) >= 11 is 0. The fraction of sp³-hybridized carbons (Fsp3) is 0.333. The van der Waals surface area contributed by atoms with Crippen LogP contribution in [-0.4, -0.2) is 29.4 Å². The van der Waals surface area contributed by atoms with Crippen LogP contribution in [0.5, 0.6) is 0 Å². The van der Waals surface area contributed by atoms with Gasteiger partial charge in [-0.25, -0.2) is 0 Å². The summed E-state index contributed by atoms with van der Waals surface area (Å²) in [5, 5.41) is 0.904. The summed E-state index contributed by atoms with van der Waals surface area (Å²) in [4.78, 5) is 28.0. The number of hydrogen-bond donors (Lipinski definition) is 1. The van der Waals surface area contributed by atoms with Gasteiger partial charge in [0.15, 0.2) is 17.9 Å². The first kappa shape index (κ1) is 19.6. The SMILES string of the molecule is CC(=O)c1ccc(CC(=O)c2c(COC3CCCCO3)[nH]c3ccccc23)cc1. The van der Waals surface area contributed by atoms with Crippen molar-refractivity contribution >= 4 is 22.5 Å². The Balaban J connectivity index is 1.57. The van der Waals surface area contributed by atoms with Gasteiger partial charge in [-0.05, 0) is 37.8 Å². The van der Waals surface area contributed by atoms with Crippen LogP contribution >= 0.6 is 0 Å². The summed E-state index contributed by atoms with van der Waals surface area (Å²) in [6, 6.07) is 15.0. The van der Waals surface area contributed by atoms with Gasteiger partial charge in [0, 0.05) is 35.1 Å². The van der Waals surface area contributed by atoms with E-state index in [2.05, 4.69) is 4.98 Å². The van der Waals surface area contributed by atoms with Crippen LogP contribution in [0.15, 0.2) is 48.5 Å². The highest BCUT2D eigenvalue weighted by atomic mass is 16.7. The zero-order valence-corrected chi connectivity index (χ0v) is 16.6. The van der Waals surface area contributed by atoms with Crippen LogP contribution in [0.2, 0.25) is 0 Å². The molecule has 2 aromatic carbocycles. The summed E-state index contributed by atoms with van der Waals surface area (Å²) in [6.45, 7) is 2.57. The molecule has 1 aromatic heterocycles. The van der Waals surface area contributed by atoms with Crippen molar-refractivity contribution in [2.75, 3.05) is 6.61 Å². The molecule has 29 heavy (non-hydrogen) atoms. The van der Waals surface area contributed by atoms with Gasteiger partial charge in [0.2, 0.25) is 0 Å². The summed E-state index contributed by atoms with van der Waals surface area (Å²) in [6.07, 6.45) is 3.11. The number of para-hydroxylation sites is 1. The van der Waals surface area contributed by atoms with E-state index >= 15 is 0 Å². The molecule has 1 aliphatic rings. The number of nitrogens with one attached hydrogen (secondary N) is 1. The van der Waals surface area contributed by atoms with Crippen molar-refractivity contribution in [2.24, 2.45) is 0 Å². The molecule has 1 fully saturated rings. The lowest BCUT2D eigenvalue weighted by molar-refractivity contribution is -0.169. The smallest absolute Gasteiger partial charge is 0.169 e. The fourth-order valence-electron chi connectivity index (χ4n) is 3.77. The molecule has 5 nitrogen and oxygen atoms in total. The second kappa shape index (κ2) is 8.72. The molecule has 0 saturated carbocycles. The van der Waals surface area contributed by atoms with Crippen molar-refractivity contribution in [2.45, 2.75) is 45.5 Å². The zero-order chi connectivity index (χ0) is 20.2. The minimum Gasteiger partial charge on any atom is -0.356 e. The average Bonchev–Trinajstić information content (AvgIpc) is 3.12. The number of hydrogen-bond acceptors (Lipinski definition) is 4. The molecule has 1 aliphatic heterocycles. The van der Waals surface area contributed by atoms with Gasteiger partial charge < -0.3 is 14.5 Å². The molecule has 3 aromatic rings. The third-order valence-electron chi connectivity index (χ3n) is 5.34. The lowest BCUT2D eigenvalue weighted by atomic mass is 9.99. The Labute approximate surface area is 170 Å². The standard InChI is InChI=1S/C24H25NO4/c1-16(26)18-11-9-17(10-12-18)14-22(27)24-19-6-2-3-7-20(19)25-21(24)15-29-23-8-4-5-13-28-23/h2-3,6-7,9-12,23,25H,4-5,8,13-15H2,1H3. The number of ketones is 2. The number of ether oxygens (including phenoxy) is 2. The van der Waals surface area contributed by atoms with Crippen molar-refractivity contribution < 1.29 is 19.1 Å². The van der Waals surface area contributed by atoms with Gasteiger partial charge in [-0.2, -0.15) is 0 Å². The van der Waals surface area contributed by atoms with Crippen LogP contribution < -0.4 is 0 Å². The molecule has 2 heterocycles. The second-order valence-corrected chi connectivity index (χ2v) is 7.48. The summed E-state index contributed by atoms with van der Waals surface area (Å²) in [5.74, 6) is 0.0464. The summed E-state index contributed by atoms with van der Waals surface area (Å²) < 4.78 is 11.6. The minimum absolute atomic E-state index is 0.0175. The first-order chi connectivity index (χ1) is 14.1. The molecule has 5 heteroatoms. The van der Waals surface area contributed by atoms with Crippen molar-refractivity contribution in [1.29, 1.82) is 0 Å². The molecule has 0 spiro atoms. The van der Waals surface area contributed by atoms with E-state index < -0.39 is 0 Å². The number of aromatic amines is 1. The van der Waals surface area contributed by atoms with Crippen molar-refractivity contribution in [3.05, 3.63) is 70.9 Å². The predicted molar refractivity (Wildman–Crippen MR) is 111 cm³/mol. The molecule has 0 radical (unpaired) electrons. The Morgan fingerprint density at radius 2 is 1.90 bits per heavy atom. The average molecular weight is 391 g/mol. The molecule has 150 valence electrons. The van der Waals surface area contributed by atoms with E-state index in [9.17, 15) is 9.59 Å². The maximum atomic E-state index is 13.2. The van der Waals surface area contributed by atoms with Crippen molar-refractivity contribution in [3.63, 3.8) is 0 Å². The predicted octanol–water partition coefficient (Wildman–Crippen LogP) is 4.84. The Morgan fingerprint density at radius 3 is 2.62 bits per heavy atom. The van der Waals surface area contributed by atoms with Crippen LogP contribution in [0.3, 0.4) is 0 Å². The van der Waals surface area contributed by atoms with Gasteiger partial charge in [0.05, 0.1) is 12.3 Å². The molecule has 0 amide bonds. The fourth-order valence-corrected chi connectivity index (χ4v) is 3.77. The molecule has 0 aliphatic carbocycles. The molecule has 1 atom stereocenters. The lowest BCUT2D eigenvalue weighted by Crippen LogP contribution is -2.22. The number of Topliss-reactive ketones (excluding diaryl/α,β-unsaturated/α-hetero) is 2. The van der Waals surface area contributed by atoms with E-state index in [1.807, 2.05) is 36.4 Å². The van der Waals surface area contributed by atoms with Gasteiger partial charge in [0.25, 0.3) is 0 Å². The van der Waals surface area contributed by atoms with E-state index in [1.54, 1.807) is 12.1 Å². The maximum Gasteiger partial charge on any atom is 0.169 e. The van der Waals surface area contributed by atoms with Crippen molar-refractivity contribution in [3.8, 4) is 0 Å². The summed E-state index contributed by atoms with van der Waals surface area (Å²) in [5.41, 5.74) is 3.91. The topological polar surface area (TPSA) is 68.4 Å². The molecule has 1 N–H and O–H groups in total. The number of carbonyl (C=O) groups excluding carboxylic acids is 2. The van der Waals surface area contributed by atoms with Crippen LogP contribution in [-0.2, 0) is 22.5 Å². The van der Waals surface area contributed by atoms with Gasteiger partial charge in [0.1, 0.15) is 0 Å². The third-order valence-corrected chi connectivity index (χ3v) is 5.34. The van der Waals surface area contributed by atoms with E-state index in [0.717, 1.165) is 48.0 Å². The van der Waals surface area contributed by atoms with Crippen LogP contribution in [0.4, 0.5) is 0 Å². The summed E-state index contributed by atoms with van der Waals surface area (Å²) in [7, 11) is 0. The Kier molecular flexibility index (Phi) is 5.88. The molecule has 4 rings (SSSR count). The maximum absolute atomic E-state index is 13.2. The first-order valence-corrected chi connectivity index (χ1v) is 10.1. The van der Waals surface area contributed by atoms with Crippen LogP contribution in [0.1, 0.15) is 58.2 Å². The first-order valence-electron chi connectivity index (χ1n) is 10.1. The van der Waals surface area contributed by atoms with Gasteiger partial charge in [-0.3, -0.25) is 9.59 Å². The van der Waals surface area contributed by atoms with Crippen molar-refractivity contribution in [1.82, 2.24) is 4.98 Å². The van der Waals surface area contributed by atoms with Crippen LogP contribution in [0.25, 0.3) is 10.9 Å². The molecule has 0 bridgehead atoms. The Hall–Kier alpha value is -2.76. The highest BCUT2D eigenvalue weighted by molar-refractivity contribution is 6.10. The number of aromatic nitrogens is 1. The highest BCUT2D eigenvalue weighted by Crippen LogP contribution is 2.26. The monoisotopic (exact) mass is 391 g/mol. The number of carbonyl (C=O) groups is 2. The van der Waals surface area contributed by atoms with Gasteiger partial charge in [-0.1, -0.05) is 42.5 Å². The Bertz CT molecular complexity index is 1010. The normalized spacial score (nSPS) is 16.8. The lowest BCUT2D eigenvalue weighted by Gasteiger charge is -2.22. The largest absolute Gasteiger partial charge is 0.356 e. The highest BCUT2D eigenvalue weighted by Gasteiger charge is 2.21. The molecule has 1 saturated heterocycles. The van der Waals surface area contributed by atoms with Gasteiger partial charge in [-0.15, -0.1) is 0 Å². The van der Waals surface area contributed by atoms with E-state index in [4.69, 9.17) is 9.47 Å². The number of fused-ring (bicyclic) bond motifs is 1. The van der Waals surface area contributed by atoms with E-state index in [-0.39, 0.29) is 24.3 Å². The third kappa shape index (κ3) is 4.47. The molecule has 1 unspecified atom stereocenters. The zero-order valence-electron chi connectivity index (χ0n) is 16.6. The number of H-pyrrole nitrogens is 1.